The second-order valence-electron chi connectivity index (χ2n) is 1.20. The summed E-state index contributed by atoms with van der Waals surface area (Å²) in [6.45, 7) is 3.68. The van der Waals surface area contributed by atoms with Crippen LogP contribution in [0.3, 0.4) is 0 Å². The van der Waals surface area contributed by atoms with E-state index in [1.54, 1.807) is 0 Å². The number of hydrogen-bond acceptors (Lipinski definition) is 2. The van der Waals surface area contributed by atoms with E-state index < -0.39 is 15.5 Å². The molecule has 0 rings (SSSR count). The van der Waals surface area contributed by atoms with Gasteiger partial charge in [0.2, 0.25) is 0 Å². The Balaban J connectivity index is 2.63. The molecule has 0 amide bonds. The van der Waals surface area contributed by atoms with Crippen molar-refractivity contribution in [1.29, 1.82) is 0 Å². The van der Waals surface area contributed by atoms with Gasteiger partial charge in [-0.1, -0.05) is 0 Å². The van der Waals surface area contributed by atoms with Gasteiger partial charge < -0.3 is 4.20 Å². The van der Waals surface area contributed by atoms with E-state index in [0.29, 0.717) is 0 Å². The molecule has 0 atom stereocenters. The van der Waals surface area contributed by atoms with Crippen molar-refractivity contribution in [2.45, 2.75) is 20.0 Å². The SMILES string of the molecule is CC(C)O[Br+][O-]. The second-order valence-corrected chi connectivity index (χ2v) is 1.84. The Labute approximate surface area is 44.3 Å². The Morgan fingerprint density at radius 2 is 2.17 bits per heavy atom. The Bertz CT molecular complexity index is 30.0. The van der Waals surface area contributed by atoms with Crippen LogP contribution in [0.1, 0.15) is 13.8 Å². The summed E-state index contributed by atoms with van der Waals surface area (Å²) in [5.41, 5.74) is 0. The molecule has 0 aliphatic rings. The zero-order valence-electron chi connectivity index (χ0n) is 3.77. The van der Waals surface area contributed by atoms with Crippen LogP contribution in [-0.2, 0) is 3.83 Å². The van der Waals surface area contributed by atoms with E-state index >= 15 is 0 Å². The molecule has 0 radical (unpaired) electrons. The summed E-state index contributed by atoms with van der Waals surface area (Å²) in [6.07, 6.45) is 0.0995. The standard InChI is InChI=1S/C3H7BrO2/c1-3(2)6-4-5/h3H,1-2H3. The monoisotopic (exact) mass is 154 g/mol. The molecule has 0 aromatic rings. The van der Waals surface area contributed by atoms with Crippen LogP contribution in [0.15, 0.2) is 0 Å². The van der Waals surface area contributed by atoms with E-state index in [0.717, 1.165) is 0 Å². The van der Waals surface area contributed by atoms with Crippen molar-refractivity contribution in [2.24, 2.45) is 0 Å². The summed E-state index contributed by atoms with van der Waals surface area (Å²) in [7, 11) is 0. The van der Waals surface area contributed by atoms with Crippen molar-refractivity contribution in [3.63, 3.8) is 0 Å². The number of hydrogen-bond donors (Lipinski definition) is 0. The smallest absolute Gasteiger partial charge is 0.420 e. The Kier molecular flexibility index (Phi) is 3.82. The van der Waals surface area contributed by atoms with Gasteiger partial charge >= 0.3 is 15.5 Å². The van der Waals surface area contributed by atoms with Crippen LogP contribution in [0, 0.1) is 15.5 Å². The van der Waals surface area contributed by atoms with Crippen molar-refractivity contribution < 1.29 is 23.6 Å². The minimum Gasteiger partial charge on any atom is -0.550 e. The first kappa shape index (κ1) is 6.40. The van der Waals surface area contributed by atoms with Gasteiger partial charge in [-0.2, -0.15) is 0 Å². The van der Waals surface area contributed by atoms with E-state index in [4.69, 9.17) is 0 Å². The minimum absolute atomic E-state index is 0.0995. The van der Waals surface area contributed by atoms with Crippen LogP contribution in [0.5, 0.6) is 0 Å². The lowest BCUT2D eigenvalue weighted by molar-refractivity contribution is -1.27. The third-order valence-corrected chi connectivity index (χ3v) is 1.11. The maximum absolute atomic E-state index is 9.55. The normalized spacial score (nSPS) is 10.0. The van der Waals surface area contributed by atoms with Crippen molar-refractivity contribution in [3.05, 3.63) is 0 Å². The average Bonchev–Trinajstić information content (AvgIpc) is 1.35. The second kappa shape index (κ2) is 3.59. The van der Waals surface area contributed by atoms with E-state index in [1.165, 1.54) is 0 Å². The van der Waals surface area contributed by atoms with Gasteiger partial charge in [0.05, 0.1) is 0 Å². The molecule has 0 saturated heterocycles. The van der Waals surface area contributed by atoms with Gasteiger partial charge in [-0.15, -0.1) is 3.83 Å². The minimum atomic E-state index is -0.636. The summed E-state index contributed by atoms with van der Waals surface area (Å²) in [5.74, 6) is 0. The highest BCUT2D eigenvalue weighted by atomic mass is 79.9. The van der Waals surface area contributed by atoms with Gasteiger partial charge in [-0.25, -0.2) is 0 Å². The third kappa shape index (κ3) is 4.40. The van der Waals surface area contributed by atoms with E-state index in [1.807, 2.05) is 13.8 Å². The topological polar surface area (TPSA) is 32.3 Å². The fraction of sp³-hybridized carbons (Fsp3) is 1.00. The average molecular weight is 155 g/mol. The lowest BCUT2D eigenvalue weighted by atomic mass is 10.5. The fourth-order valence-electron chi connectivity index (χ4n) is 0.0727. The Hall–Kier alpha value is 0.400. The molecular formula is C3H7BrO2. The molecule has 0 spiro atoms. The van der Waals surface area contributed by atoms with Crippen LogP contribution in [0.25, 0.3) is 0 Å². The maximum Gasteiger partial charge on any atom is 0.420 e. The van der Waals surface area contributed by atoms with Crippen molar-refractivity contribution >= 4 is 0 Å². The molecule has 0 aliphatic carbocycles. The molecule has 0 aromatic heterocycles. The van der Waals surface area contributed by atoms with Gasteiger partial charge in [0.1, 0.15) is 6.10 Å². The molecule has 6 heavy (non-hydrogen) atoms. The van der Waals surface area contributed by atoms with Crippen LogP contribution in [0.4, 0.5) is 0 Å². The van der Waals surface area contributed by atoms with Crippen LogP contribution in [0.2, 0.25) is 0 Å². The van der Waals surface area contributed by atoms with E-state index in [2.05, 4.69) is 3.83 Å². The highest BCUT2D eigenvalue weighted by Crippen LogP contribution is 1.82. The Morgan fingerprint density at radius 3 is 2.17 bits per heavy atom. The molecule has 0 aromatic carbocycles. The molecular weight excluding hydrogens is 148 g/mol. The Morgan fingerprint density at radius 1 is 1.67 bits per heavy atom. The number of halogens is 1. The van der Waals surface area contributed by atoms with Gasteiger partial charge in [0.15, 0.2) is 0 Å². The number of rotatable bonds is 2. The van der Waals surface area contributed by atoms with Crippen molar-refractivity contribution in [2.75, 3.05) is 0 Å². The van der Waals surface area contributed by atoms with Crippen LogP contribution in [-0.4, -0.2) is 6.10 Å². The molecule has 0 aliphatic heterocycles. The lowest BCUT2D eigenvalue weighted by Gasteiger charge is -1.88. The largest absolute Gasteiger partial charge is 0.550 e. The summed E-state index contributed by atoms with van der Waals surface area (Å²) in [5, 5.41) is 0. The molecule has 0 N–H and O–H groups in total. The molecule has 0 fully saturated rings. The predicted octanol–water partition coefficient (Wildman–Crippen LogP) is -0.313. The third-order valence-electron chi connectivity index (χ3n) is 0.215. The first-order chi connectivity index (χ1) is 2.77. The molecule has 0 bridgehead atoms. The van der Waals surface area contributed by atoms with Crippen LogP contribution >= 0.6 is 0 Å². The summed E-state index contributed by atoms with van der Waals surface area (Å²) in [6, 6.07) is 0. The van der Waals surface area contributed by atoms with Crippen LogP contribution < -0.4 is 4.20 Å². The van der Waals surface area contributed by atoms with Gasteiger partial charge in [0.25, 0.3) is 0 Å². The summed E-state index contributed by atoms with van der Waals surface area (Å²) >= 11 is -0.636. The van der Waals surface area contributed by atoms with E-state index in [9.17, 15) is 4.20 Å². The van der Waals surface area contributed by atoms with Crippen molar-refractivity contribution in [1.82, 2.24) is 0 Å². The molecule has 0 heterocycles. The first-order valence-electron chi connectivity index (χ1n) is 1.70. The maximum atomic E-state index is 9.55. The van der Waals surface area contributed by atoms with Crippen molar-refractivity contribution in [3.8, 4) is 0 Å². The lowest BCUT2D eigenvalue weighted by Crippen LogP contribution is -2.09. The fourth-order valence-corrected chi connectivity index (χ4v) is 0.378. The first-order valence-corrected chi connectivity index (χ1v) is 2.99. The zero-order chi connectivity index (χ0) is 4.99. The highest BCUT2D eigenvalue weighted by Gasteiger charge is 1.95. The quantitative estimate of drug-likeness (QED) is 0.547. The predicted molar refractivity (Wildman–Crippen MR) is 16.2 cm³/mol. The van der Waals surface area contributed by atoms with E-state index in [-0.39, 0.29) is 6.10 Å². The molecule has 0 saturated carbocycles. The summed E-state index contributed by atoms with van der Waals surface area (Å²) in [4.78, 5) is 0. The van der Waals surface area contributed by atoms with Gasteiger partial charge in [-0.3, -0.25) is 0 Å². The molecule has 38 valence electrons. The zero-order valence-corrected chi connectivity index (χ0v) is 5.36. The highest BCUT2D eigenvalue weighted by molar-refractivity contribution is 4.23. The molecule has 3 heteroatoms. The summed E-state index contributed by atoms with van der Waals surface area (Å²) < 4.78 is 14.1. The molecule has 0 unspecified atom stereocenters. The van der Waals surface area contributed by atoms with Gasteiger partial charge in [-0.05, 0) is 13.8 Å². The van der Waals surface area contributed by atoms with Gasteiger partial charge in [0, 0.05) is 0 Å². The molecule has 2 nitrogen and oxygen atoms in total.